The normalized spacial score (nSPS) is 14.5. The molecule has 0 aliphatic rings. The summed E-state index contributed by atoms with van der Waals surface area (Å²) in [5.74, 6) is -3.26. The highest BCUT2D eigenvalue weighted by Gasteiger charge is 2.26. The van der Waals surface area contributed by atoms with Crippen molar-refractivity contribution in [2.24, 2.45) is 5.92 Å². The van der Waals surface area contributed by atoms with Crippen LogP contribution >= 0.6 is 0 Å². The van der Waals surface area contributed by atoms with E-state index in [0.29, 0.717) is 0 Å². The fourth-order valence-corrected chi connectivity index (χ4v) is 1.57. The van der Waals surface area contributed by atoms with Crippen LogP contribution in [0.5, 0.6) is 0 Å². The molecule has 5 heteroatoms. The minimum absolute atomic E-state index is 0.152. The van der Waals surface area contributed by atoms with E-state index in [2.05, 4.69) is 5.32 Å². The van der Waals surface area contributed by atoms with E-state index in [-0.39, 0.29) is 5.56 Å². The Morgan fingerprint density at radius 3 is 2.50 bits per heavy atom. The van der Waals surface area contributed by atoms with Crippen molar-refractivity contribution in [3.8, 4) is 0 Å². The van der Waals surface area contributed by atoms with Gasteiger partial charge in [-0.25, -0.2) is 8.78 Å². The number of carbonyl (C=O) groups is 1. The van der Waals surface area contributed by atoms with E-state index in [4.69, 9.17) is 5.11 Å². The number of carboxylic acids is 1. The van der Waals surface area contributed by atoms with E-state index >= 15 is 0 Å². The standard InChI is InChI=1S/C11H13F2NO2/c1-6(11(15)16)10(14-2)8-4-3-7(12)5-9(8)13/h3-6,10,14H,1-2H3,(H,15,16). The fourth-order valence-electron chi connectivity index (χ4n) is 1.57. The Bertz CT molecular complexity index is 396. The van der Waals surface area contributed by atoms with Gasteiger partial charge in [-0.2, -0.15) is 0 Å². The van der Waals surface area contributed by atoms with Crippen LogP contribution in [0.15, 0.2) is 18.2 Å². The number of carboxylic acid groups (broad SMARTS) is 1. The second-order valence-corrected chi connectivity index (χ2v) is 3.56. The summed E-state index contributed by atoms with van der Waals surface area (Å²) in [6.07, 6.45) is 0. The zero-order chi connectivity index (χ0) is 12.3. The lowest BCUT2D eigenvalue weighted by Crippen LogP contribution is -2.29. The van der Waals surface area contributed by atoms with E-state index in [9.17, 15) is 13.6 Å². The van der Waals surface area contributed by atoms with Gasteiger partial charge in [-0.05, 0) is 13.1 Å². The molecule has 0 heterocycles. The number of hydrogen-bond acceptors (Lipinski definition) is 2. The van der Waals surface area contributed by atoms with Crippen molar-refractivity contribution in [3.05, 3.63) is 35.4 Å². The lowest BCUT2D eigenvalue weighted by molar-refractivity contribution is -0.142. The first-order valence-electron chi connectivity index (χ1n) is 4.82. The third kappa shape index (κ3) is 2.55. The number of rotatable bonds is 4. The minimum Gasteiger partial charge on any atom is -0.481 e. The monoisotopic (exact) mass is 229 g/mol. The predicted molar refractivity (Wildman–Crippen MR) is 55.0 cm³/mol. The van der Waals surface area contributed by atoms with Gasteiger partial charge < -0.3 is 10.4 Å². The topological polar surface area (TPSA) is 49.3 Å². The molecule has 2 unspecified atom stereocenters. The van der Waals surface area contributed by atoms with Crippen LogP contribution in [0, 0.1) is 17.6 Å². The van der Waals surface area contributed by atoms with E-state index < -0.39 is 29.6 Å². The number of hydrogen-bond donors (Lipinski definition) is 2. The summed E-state index contributed by atoms with van der Waals surface area (Å²) in [4.78, 5) is 10.8. The Labute approximate surface area is 92.1 Å². The van der Waals surface area contributed by atoms with Crippen LogP contribution in [0.3, 0.4) is 0 Å². The van der Waals surface area contributed by atoms with Gasteiger partial charge in [-0.1, -0.05) is 13.0 Å². The van der Waals surface area contributed by atoms with E-state index in [1.54, 1.807) is 0 Å². The molecule has 3 nitrogen and oxygen atoms in total. The summed E-state index contributed by atoms with van der Waals surface area (Å²) in [6, 6.07) is 2.43. The second-order valence-electron chi connectivity index (χ2n) is 3.56. The third-order valence-electron chi connectivity index (χ3n) is 2.50. The fraction of sp³-hybridized carbons (Fsp3) is 0.364. The van der Waals surface area contributed by atoms with Gasteiger partial charge >= 0.3 is 5.97 Å². The molecule has 0 radical (unpaired) electrons. The molecule has 0 aromatic heterocycles. The van der Waals surface area contributed by atoms with Gasteiger partial charge in [-0.15, -0.1) is 0 Å². The molecule has 0 bridgehead atoms. The largest absolute Gasteiger partial charge is 0.481 e. The molecule has 16 heavy (non-hydrogen) atoms. The lowest BCUT2D eigenvalue weighted by atomic mass is 9.94. The maximum absolute atomic E-state index is 13.4. The van der Waals surface area contributed by atoms with Crippen LogP contribution in [0.2, 0.25) is 0 Å². The maximum Gasteiger partial charge on any atom is 0.308 e. The summed E-state index contributed by atoms with van der Waals surface area (Å²) < 4.78 is 26.1. The Kier molecular flexibility index (Phi) is 3.95. The van der Waals surface area contributed by atoms with Gasteiger partial charge in [-0.3, -0.25) is 4.79 Å². The molecular weight excluding hydrogens is 216 g/mol. The number of halogens is 2. The third-order valence-corrected chi connectivity index (χ3v) is 2.50. The Hall–Kier alpha value is -1.49. The molecule has 0 aliphatic heterocycles. The second kappa shape index (κ2) is 5.03. The molecule has 1 aromatic rings. The number of aliphatic carboxylic acids is 1. The molecule has 0 fully saturated rings. The lowest BCUT2D eigenvalue weighted by Gasteiger charge is -2.21. The van der Waals surface area contributed by atoms with Crippen molar-refractivity contribution in [3.63, 3.8) is 0 Å². The molecule has 0 amide bonds. The predicted octanol–water partition coefficient (Wildman–Crippen LogP) is 1.95. The van der Waals surface area contributed by atoms with Gasteiger partial charge in [0.25, 0.3) is 0 Å². The first kappa shape index (κ1) is 12.6. The van der Waals surface area contributed by atoms with Crippen molar-refractivity contribution in [2.45, 2.75) is 13.0 Å². The van der Waals surface area contributed by atoms with Crippen LogP contribution in [-0.2, 0) is 4.79 Å². The highest BCUT2D eigenvalue weighted by atomic mass is 19.1. The van der Waals surface area contributed by atoms with Gasteiger partial charge in [0.05, 0.1) is 5.92 Å². The van der Waals surface area contributed by atoms with Crippen LogP contribution < -0.4 is 5.32 Å². The molecule has 0 saturated carbocycles. The van der Waals surface area contributed by atoms with Crippen molar-refractivity contribution in [1.82, 2.24) is 5.32 Å². The van der Waals surface area contributed by atoms with Crippen LogP contribution in [0.1, 0.15) is 18.5 Å². The van der Waals surface area contributed by atoms with Crippen molar-refractivity contribution in [1.29, 1.82) is 0 Å². The maximum atomic E-state index is 13.4. The van der Waals surface area contributed by atoms with Crippen LogP contribution in [0.25, 0.3) is 0 Å². The summed E-state index contributed by atoms with van der Waals surface area (Å²) >= 11 is 0. The van der Waals surface area contributed by atoms with E-state index in [1.165, 1.54) is 20.0 Å². The number of benzene rings is 1. The van der Waals surface area contributed by atoms with Crippen LogP contribution in [-0.4, -0.2) is 18.1 Å². The summed E-state index contributed by atoms with van der Waals surface area (Å²) in [6.45, 7) is 1.46. The summed E-state index contributed by atoms with van der Waals surface area (Å²) in [7, 11) is 1.53. The SMILES string of the molecule is CNC(c1ccc(F)cc1F)C(C)C(=O)O. The first-order chi connectivity index (χ1) is 7.47. The molecule has 0 saturated heterocycles. The van der Waals surface area contributed by atoms with Gasteiger partial charge in [0, 0.05) is 17.7 Å². The minimum atomic E-state index is -1.04. The zero-order valence-corrected chi connectivity index (χ0v) is 9.00. The molecular formula is C11H13F2NO2. The highest BCUT2D eigenvalue weighted by Crippen LogP contribution is 2.24. The molecule has 2 N–H and O–H groups in total. The first-order valence-corrected chi connectivity index (χ1v) is 4.82. The summed E-state index contributed by atoms with van der Waals surface area (Å²) in [5, 5.41) is 11.6. The van der Waals surface area contributed by atoms with Crippen molar-refractivity contribution in [2.75, 3.05) is 7.05 Å². The van der Waals surface area contributed by atoms with Gasteiger partial charge in [0.15, 0.2) is 0 Å². The molecule has 1 rings (SSSR count). The molecule has 2 atom stereocenters. The number of nitrogens with one attached hydrogen (secondary N) is 1. The van der Waals surface area contributed by atoms with Crippen molar-refractivity contribution >= 4 is 5.97 Å². The average molecular weight is 229 g/mol. The Balaban J connectivity index is 3.08. The molecule has 0 spiro atoms. The van der Waals surface area contributed by atoms with Crippen LogP contribution in [0.4, 0.5) is 8.78 Å². The van der Waals surface area contributed by atoms with Crippen molar-refractivity contribution < 1.29 is 18.7 Å². The Morgan fingerprint density at radius 1 is 1.44 bits per heavy atom. The van der Waals surface area contributed by atoms with Gasteiger partial charge in [0.2, 0.25) is 0 Å². The van der Waals surface area contributed by atoms with Gasteiger partial charge in [0.1, 0.15) is 11.6 Å². The Morgan fingerprint density at radius 2 is 2.06 bits per heavy atom. The molecule has 88 valence electrons. The molecule has 1 aromatic carbocycles. The quantitative estimate of drug-likeness (QED) is 0.829. The highest BCUT2D eigenvalue weighted by molar-refractivity contribution is 5.70. The smallest absolute Gasteiger partial charge is 0.308 e. The van der Waals surface area contributed by atoms with E-state index in [1.807, 2.05) is 0 Å². The van der Waals surface area contributed by atoms with E-state index in [0.717, 1.165) is 12.1 Å². The molecule has 0 aliphatic carbocycles. The summed E-state index contributed by atoms with van der Waals surface area (Å²) in [5.41, 5.74) is 0.152. The average Bonchev–Trinajstić information content (AvgIpc) is 2.21. The zero-order valence-electron chi connectivity index (χ0n) is 9.00.